The highest BCUT2D eigenvalue weighted by molar-refractivity contribution is 5.77. The van der Waals surface area contributed by atoms with E-state index in [-0.39, 0.29) is 13.0 Å². The Balaban J connectivity index is 2.85. The maximum Gasteiger partial charge on any atom is 0.327 e. The smallest absolute Gasteiger partial charge is 0.327 e. The molecule has 0 spiro atoms. The van der Waals surface area contributed by atoms with Gasteiger partial charge in [0.05, 0.1) is 13.5 Å². The second kappa shape index (κ2) is 6.76. The molecule has 0 heterocycles. The fraction of sp³-hybridized carbons (Fsp3) is 0.385. The quantitative estimate of drug-likeness (QED) is 0.772. The monoisotopic (exact) mass is 251 g/mol. The highest BCUT2D eigenvalue weighted by Crippen LogP contribution is 2.20. The van der Waals surface area contributed by atoms with Crippen molar-refractivity contribution in [3.8, 4) is 0 Å². The van der Waals surface area contributed by atoms with Crippen LogP contribution in [-0.2, 0) is 14.3 Å². The molecule has 98 valence electrons. The van der Waals surface area contributed by atoms with Crippen molar-refractivity contribution in [1.29, 1.82) is 0 Å². The van der Waals surface area contributed by atoms with Crippen LogP contribution in [0.1, 0.15) is 18.0 Å². The zero-order chi connectivity index (χ0) is 13.5. The molecule has 5 heteroatoms. The first-order valence-electron chi connectivity index (χ1n) is 5.61. The van der Waals surface area contributed by atoms with Gasteiger partial charge in [-0.2, -0.15) is 0 Å². The third kappa shape index (κ3) is 3.85. The molecule has 5 nitrogen and oxygen atoms in total. The average Bonchev–Trinajstić information content (AvgIpc) is 2.37. The molecule has 1 N–H and O–H groups in total. The van der Waals surface area contributed by atoms with Crippen LogP contribution in [0, 0.1) is 0 Å². The van der Waals surface area contributed by atoms with Crippen LogP contribution in [0.2, 0.25) is 0 Å². The average molecular weight is 251 g/mol. The summed E-state index contributed by atoms with van der Waals surface area (Å²) in [4.78, 5) is 24.0. The summed E-state index contributed by atoms with van der Waals surface area (Å²) in [7, 11) is 3.03. The second-order valence-corrected chi connectivity index (χ2v) is 3.96. The van der Waals surface area contributed by atoms with Crippen LogP contribution in [-0.4, -0.2) is 42.6 Å². The van der Waals surface area contributed by atoms with Crippen LogP contribution in [0.4, 0.5) is 0 Å². The number of nitrogens with zero attached hydrogens (tertiary/aromatic N) is 1. The van der Waals surface area contributed by atoms with Gasteiger partial charge in [-0.1, -0.05) is 30.3 Å². The lowest BCUT2D eigenvalue weighted by Gasteiger charge is -2.25. The summed E-state index contributed by atoms with van der Waals surface area (Å²) in [5.41, 5.74) is 0.789. The molecular formula is C13H17NO4. The number of carboxylic acids is 1. The number of esters is 1. The standard InChI is InChI=1S/C13H17NO4/c1-14(9-8-11(15)16)12(13(17)18-2)10-6-4-3-5-7-10/h3-7,12H,8-9H2,1-2H3,(H,15,16). The number of rotatable bonds is 6. The van der Waals surface area contributed by atoms with E-state index in [4.69, 9.17) is 9.84 Å². The molecule has 0 amide bonds. The van der Waals surface area contributed by atoms with Gasteiger partial charge in [0.15, 0.2) is 0 Å². The highest BCUT2D eigenvalue weighted by atomic mass is 16.5. The van der Waals surface area contributed by atoms with Gasteiger partial charge < -0.3 is 9.84 Å². The Morgan fingerprint density at radius 2 is 1.94 bits per heavy atom. The van der Waals surface area contributed by atoms with Gasteiger partial charge in [-0.25, -0.2) is 4.79 Å². The molecule has 0 bridgehead atoms. The first-order chi connectivity index (χ1) is 8.56. The van der Waals surface area contributed by atoms with E-state index in [0.717, 1.165) is 5.56 Å². The summed E-state index contributed by atoms with van der Waals surface area (Å²) in [6.07, 6.45) is -0.0170. The normalized spacial score (nSPS) is 12.2. The zero-order valence-electron chi connectivity index (χ0n) is 10.5. The van der Waals surface area contributed by atoms with E-state index in [0.29, 0.717) is 0 Å². The number of methoxy groups -OCH3 is 1. The van der Waals surface area contributed by atoms with Crippen LogP contribution in [0.15, 0.2) is 30.3 Å². The molecule has 0 aliphatic heterocycles. The molecule has 1 unspecified atom stereocenters. The van der Waals surface area contributed by atoms with Crippen molar-refractivity contribution in [3.05, 3.63) is 35.9 Å². The van der Waals surface area contributed by atoms with Crippen molar-refractivity contribution in [2.24, 2.45) is 0 Å². The Hall–Kier alpha value is -1.88. The molecule has 0 fully saturated rings. The molecule has 0 saturated carbocycles. The van der Waals surface area contributed by atoms with Gasteiger partial charge in [-0.05, 0) is 12.6 Å². The molecule has 18 heavy (non-hydrogen) atoms. The number of carboxylic acid groups (broad SMARTS) is 1. The molecule has 1 atom stereocenters. The van der Waals surface area contributed by atoms with Gasteiger partial charge >= 0.3 is 11.9 Å². The number of ether oxygens (including phenoxy) is 1. The molecule has 1 rings (SSSR count). The van der Waals surface area contributed by atoms with Crippen LogP contribution < -0.4 is 0 Å². The largest absolute Gasteiger partial charge is 0.481 e. The molecular weight excluding hydrogens is 234 g/mol. The maximum absolute atomic E-state index is 11.8. The maximum atomic E-state index is 11.8. The number of benzene rings is 1. The Kier molecular flexibility index (Phi) is 5.32. The fourth-order valence-electron chi connectivity index (χ4n) is 1.72. The minimum atomic E-state index is -0.890. The van der Waals surface area contributed by atoms with Crippen molar-refractivity contribution in [2.75, 3.05) is 20.7 Å². The first-order valence-corrected chi connectivity index (χ1v) is 5.61. The minimum absolute atomic E-state index is 0.0170. The summed E-state index contributed by atoms with van der Waals surface area (Å²) >= 11 is 0. The highest BCUT2D eigenvalue weighted by Gasteiger charge is 2.25. The Morgan fingerprint density at radius 3 is 2.44 bits per heavy atom. The summed E-state index contributed by atoms with van der Waals surface area (Å²) in [5, 5.41) is 8.67. The number of hydrogen-bond donors (Lipinski definition) is 1. The third-order valence-corrected chi connectivity index (χ3v) is 2.66. The van der Waals surface area contributed by atoms with E-state index in [9.17, 15) is 9.59 Å². The van der Waals surface area contributed by atoms with Gasteiger partial charge in [-0.15, -0.1) is 0 Å². The number of carbonyl (C=O) groups is 2. The van der Waals surface area contributed by atoms with Crippen molar-refractivity contribution in [2.45, 2.75) is 12.5 Å². The summed E-state index contributed by atoms with van der Waals surface area (Å²) < 4.78 is 4.77. The topological polar surface area (TPSA) is 66.8 Å². The summed E-state index contributed by atoms with van der Waals surface area (Å²) in [6, 6.07) is 8.58. The van der Waals surface area contributed by atoms with E-state index >= 15 is 0 Å². The molecule has 1 aromatic carbocycles. The van der Waals surface area contributed by atoms with E-state index in [2.05, 4.69) is 0 Å². The Labute approximate surface area is 106 Å². The van der Waals surface area contributed by atoms with Crippen molar-refractivity contribution in [1.82, 2.24) is 4.90 Å². The lowest BCUT2D eigenvalue weighted by atomic mass is 10.1. The molecule has 0 saturated heterocycles. The number of aliphatic carboxylic acids is 1. The molecule has 1 aromatic rings. The van der Waals surface area contributed by atoms with E-state index in [1.807, 2.05) is 30.3 Å². The minimum Gasteiger partial charge on any atom is -0.481 e. The van der Waals surface area contributed by atoms with Crippen LogP contribution >= 0.6 is 0 Å². The zero-order valence-corrected chi connectivity index (χ0v) is 10.5. The Morgan fingerprint density at radius 1 is 1.33 bits per heavy atom. The van der Waals surface area contributed by atoms with Crippen molar-refractivity contribution >= 4 is 11.9 Å². The summed E-state index contributed by atoms with van der Waals surface area (Å²) in [6.45, 7) is 0.282. The van der Waals surface area contributed by atoms with Crippen molar-refractivity contribution < 1.29 is 19.4 Å². The van der Waals surface area contributed by atoms with Crippen LogP contribution in [0.25, 0.3) is 0 Å². The van der Waals surface area contributed by atoms with Crippen LogP contribution in [0.3, 0.4) is 0 Å². The number of carbonyl (C=O) groups excluding carboxylic acids is 1. The second-order valence-electron chi connectivity index (χ2n) is 3.96. The van der Waals surface area contributed by atoms with Gasteiger partial charge in [0.1, 0.15) is 6.04 Å². The summed E-state index contributed by atoms with van der Waals surface area (Å²) in [5.74, 6) is -1.28. The molecule has 0 aromatic heterocycles. The first kappa shape index (κ1) is 14.2. The number of hydrogen-bond acceptors (Lipinski definition) is 4. The van der Waals surface area contributed by atoms with Gasteiger partial charge in [0.25, 0.3) is 0 Å². The van der Waals surface area contributed by atoms with Crippen LogP contribution in [0.5, 0.6) is 0 Å². The predicted molar refractivity (Wildman–Crippen MR) is 66.1 cm³/mol. The molecule has 0 aliphatic carbocycles. The fourth-order valence-corrected chi connectivity index (χ4v) is 1.72. The van der Waals surface area contributed by atoms with Gasteiger partial charge in [0, 0.05) is 6.54 Å². The van der Waals surface area contributed by atoms with E-state index < -0.39 is 18.0 Å². The third-order valence-electron chi connectivity index (χ3n) is 2.66. The van der Waals surface area contributed by atoms with E-state index in [1.165, 1.54) is 7.11 Å². The number of likely N-dealkylation sites (N-methyl/N-ethyl adjacent to an activating group) is 1. The SMILES string of the molecule is COC(=O)C(c1ccccc1)N(C)CCC(=O)O. The van der Waals surface area contributed by atoms with Gasteiger partial charge in [0.2, 0.25) is 0 Å². The lowest BCUT2D eigenvalue weighted by Crippen LogP contribution is -2.33. The molecule has 0 radical (unpaired) electrons. The predicted octanol–water partition coefficient (Wildman–Crippen LogP) is 1.31. The van der Waals surface area contributed by atoms with Crippen molar-refractivity contribution in [3.63, 3.8) is 0 Å². The molecule has 0 aliphatic rings. The van der Waals surface area contributed by atoms with E-state index in [1.54, 1.807) is 11.9 Å². The Bertz CT molecular complexity index is 405. The lowest BCUT2D eigenvalue weighted by molar-refractivity contribution is -0.148. The van der Waals surface area contributed by atoms with Gasteiger partial charge in [-0.3, -0.25) is 9.69 Å².